The predicted molar refractivity (Wildman–Crippen MR) is 110 cm³/mol. The second-order valence-electron chi connectivity index (χ2n) is 6.26. The van der Waals surface area contributed by atoms with Crippen LogP contribution in [0.3, 0.4) is 0 Å². The molecular formula is C21H24N6O. The Hall–Kier alpha value is -3.48. The van der Waals surface area contributed by atoms with Gasteiger partial charge in [0.1, 0.15) is 0 Å². The molecular weight excluding hydrogens is 352 g/mol. The van der Waals surface area contributed by atoms with E-state index < -0.39 is 0 Å². The van der Waals surface area contributed by atoms with Gasteiger partial charge in [-0.05, 0) is 48.4 Å². The van der Waals surface area contributed by atoms with Gasteiger partial charge in [0.15, 0.2) is 5.82 Å². The molecule has 1 aliphatic heterocycles. The number of urea groups is 1. The van der Waals surface area contributed by atoms with Gasteiger partial charge in [-0.2, -0.15) is 0 Å². The highest BCUT2D eigenvalue weighted by molar-refractivity contribution is 5.92. The van der Waals surface area contributed by atoms with Crippen molar-refractivity contribution in [3.05, 3.63) is 65.7 Å². The Bertz CT molecular complexity index is 974. The van der Waals surface area contributed by atoms with Crippen LogP contribution in [0.5, 0.6) is 0 Å². The molecule has 7 heteroatoms. The van der Waals surface area contributed by atoms with E-state index in [1.165, 1.54) is 0 Å². The van der Waals surface area contributed by atoms with Gasteiger partial charge in [0.25, 0.3) is 0 Å². The van der Waals surface area contributed by atoms with Crippen molar-refractivity contribution in [2.24, 2.45) is 0 Å². The average Bonchev–Trinajstić information content (AvgIpc) is 3.15. The summed E-state index contributed by atoms with van der Waals surface area (Å²) in [7, 11) is 0. The number of anilines is 2. The van der Waals surface area contributed by atoms with Crippen molar-refractivity contribution < 1.29 is 4.79 Å². The van der Waals surface area contributed by atoms with E-state index in [4.69, 9.17) is 5.73 Å². The van der Waals surface area contributed by atoms with Crippen molar-refractivity contribution in [3.63, 3.8) is 0 Å². The normalized spacial score (nSPS) is 12.0. The number of carbonyl (C=O) groups is 1. The van der Waals surface area contributed by atoms with Crippen LogP contribution in [0, 0.1) is 6.92 Å². The molecule has 1 aliphatic rings. The van der Waals surface area contributed by atoms with Crippen molar-refractivity contribution in [1.29, 1.82) is 0 Å². The summed E-state index contributed by atoms with van der Waals surface area (Å²) < 4.78 is 0. The standard InChI is InChI=1S/C19H18N6O.C2H6/c1-12-7-14-10-25(11-15(14)9-22-12)19(26)24-18-16(20)4-5-17(23-18)13-3-2-6-21-8-13;1-2/h2-9H,10-11,20H2,1H3,(H,23,24,26);1-2H3. The predicted octanol–water partition coefficient (Wildman–Crippen LogP) is 4.00. The number of hydrogen-bond donors (Lipinski definition) is 2. The van der Waals surface area contributed by atoms with Gasteiger partial charge >= 0.3 is 6.03 Å². The van der Waals surface area contributed by atoms with E-state index in [2.05, 4.69) is 20.3 Å². The summed E-state index contributed by atoms with van der Waals surface area (Å²) in [5, 5.41) is 2.82. The summed E-state index contributed by atoms with van der Waals surface area (Å²) in [6, 6.07) is 9.06. The number of fused-ring (bicyclic) bond motifs is 1. The van der Waals surface area contributed by atoms with E-state index >= 15 is 0 Å². The summed E-state index contributed by atoms with van der Waals surface area (Å²) in [4.78, 5) is 27.2. The number of pyridine rings is 3. The fourth-order valence-corrected chi connectivity index (χ4v) is 2.97. The first-order valence-electron chi connectivity index (χ1n) is 9.27. The highest BCUT2D eigenvalue weighted by Crippen LogP contribution is 2.26. The molecule has 0 saturated carbocycles. The number of aryl methyl sites for hydroxylation is 1. The molecule has 0 unspecified atom stereocenters. The molecule has 3 N–H and O–H groups in total. The minimum atomic E-state index is -0.235. The number of carbonyl (C=O) groups excluding carboxylic acids is 1. The van der Waals surface area contributed by atoms with E-state index in [0.29, 0.717) is 30.3 Å². The zero-order valence-electron chi connectivity index (χ0n) is 16.3. The maximum absolute atomic E-state index is 12.7. The number of hydrogen-bond acceptors (Lipinski definition) is 5. The molecule has 0 spiro atoms. The highest BCUT2D eigenvalue weighted by Gasteiger charge is 2.24. The molecule has 4 heterocycles. The summed E-state index contributed by atoms with van der Waals surface area (Å²) in [5.74, 6) is 0.349. The van der Waals surface area contributed by atoms with Crippen LogP contribution in [0.15, 0.2) is 48.9 Å². The minimum Gasteiger partial charge on any atom is -0.396 e. The second-order valence-corrected chi connectivity index (χ2v) is 6.26. The summed E-state index contributed by atoms with van der Waals surface area (Å²) >= 11 is 0. The molecule has 3 aromatic heterocycles. The number of nitrogens with one attached hydrogen (secondary N) is 1. The Morgan fingerprint density at radius 2 is 1.93 bits per heavy atom. The van der Waals surface area contributed by atoms with Gasteiger partial charge in [0, 0.05) is 42.9 Å². The van der Waals surface area contributed by atoms with Crippen LogP contribution in [0.25, 0.3) is 11.3 Å². The largest absolute Gasteiger partial charge is 0.396 e. The lowest BCUT2D eigenvalue weighted by Gasteiger charge is -2.17. The molecule has 0 radical (unpaired) electrons. The molecule has 0 saturated heterocycles. The van der Waals surface area contributed by atoms with Gasteiger partial charge in [-0.1, -0.05) is 13.8 Å². The third-order valence-corrected chi connectivity index (χ3v) is 4.34. The van der Waals surface area contributed by atoms with Gasteiger partial charge < -0.3 is 10.6 Å². The fraction of sp³-hybridized carbons (Fsp3) is 0.238. The molecule has 28 heavy (non-hydrogen) atoms. The number of nitrogens with two attached hydrogens (primary N) is 1. The molecule has 144 valence electrons. The van der Waals surface area contributed by atoms with Crippen molar-refractivity contribution in [2.45, 2.75) is 33.9 Å². The summed E-state index contributed by atoms with van der Waals surface area (Å²) in [5.41, 5.74) is 11.1. The second kappa shape index (κ2) is 8.47. The van der Waals surface area contributed by atoms with E-state index in [9.17, 15) is 4.79 Å². The smallest absolute Gasteiger partial charge is 0.323 e. The average molecular weight is 376 g/mol. The Morgan fingerprint density at radius 1 is 1.14 bits per heavy atom. The van der Waals surface area contributed by atoms with Gasteiger partial charge in [-0.25, -0.2) is 9.78 Å². The quantitative estimate of drug-likeness (QED) is 0.704. The zero-order valence-corrected chi connectivity index (χ0v) is 16.3. The molecule has 0 bridgehead atoms. The van der Waals surface area contributed by atoms with E-state index in [1.54, 1.807) is 23.4 Å². The maximum atomic E-state index is 12.7. The van der Waals surface area contributed by atoms with E-state index in [-0.39, 0.29) is 6.03 Å². The zero-order chi connectivity index (χ0) is 20.1. The van der Waals surface area contributed by atoms with Crippen LogP contribution >= 0.6 is 0 Å². The van der Waals surface area contributed by atoms with Gasteiger partial charge in [-0.15, -0.1) is 0 Å². The SMILES string of the molecule is CC.Cc1cc2c(cn1)CN(C(=O)Nc1nc(-c3cccnc3)ccc1N)C2. The summed E-state index contributed by atoms with van der Waals surface area (Å²) in [6.07, 6.45) is 5.25. The van der Waals surface area contributed by atoms with E-state index in [1.807, 2.05) is 51.2 Å². The molecule has 0 aliphatic carbocycles. The van der Waals surface area contributed by atoms with Crippen LogP contribution in [0.2, 0.25) is 0 Å². The Balaban J connectivity index is 0.00000109. The lowest BCUT2D eigenvalue weighted by Crippen LogP contribution is -2.30. The van der Waals surface area contributed by atoms with E-state index in [0.717, 1.165) is 22.4 Å². The first kappa shape index (κ1) is 19.3. The van der Waals surface area contributed by atoms with Crippen LogP contribution in [-0.4, -0.2) is 25.9 Å². The first-order valence-corrected chi connectivity index (χ1v) is 9.27. The topological polar surface area (TPSA) is 97.0 Å². The van der Waals surface area contributed by atoms with Crippen LogP contribution in [0.1, 0.15) is 30.7 Å². The van der Waals surface area contributed by atoms with Crippen molar-refractivity contribution in [1.82, 2.24) is 19.9 Å². The maximum Gasteiger partial charge on any atom is 0.323 e. The van der Waals surface area contributed by atoms with Crippen molar-refractivity contribution in [2.75, 3.05) is 11.1 Å². The van der Waals surface area contributed by atoms with Gasteiger partial charge in [-0.3, -0.25) is 15.3 Å². The molecule has 3 aromatic rings. The highest BCUT2D eigenvalue weighted by atomic mass is 16.2. The third kappa shape index (κ3) is 4.09. The molecule has 0 atom stereocenters. The van der Waals surface area contributed by atoms with Gasteiger partial charge in [0.05, 0.1) is 11.4 Å². The van der Waals surface area contributed by atoms with Crippen molar-refractivity contribution in [3.8, 4) is 11.3 Å². The molecule has 0 aromatic carbocycles. The Morgan fingerprint density at radius 3 is 2.68 bits per heavy atom. The Kier molecular flexibility index (Phi) is 5.84. The molecule has 0 fully saturated rings. The third-order valence-electron chi connectivity index (χ3n) is 4.34. The minimum absolute atomic E-state index is 0.235. The number of rotatable bonds is 2. The van der Waals surface area contributed by atoms with Crippen LogP contribution in [-0.2, 0) is 13.1 Å². The Labute approximate surface area is 164 Å². The summed E-state index contributed by atoms with van der Waals surface area (Å²) in [6.45, 7) is 7.01. The number of nitrogen functional groups attached to an aromatic ring is 1. The molecule has 2 amide bonds. The van der Waals surface area contributed by atoms with Crippen LogP contribution in [0.4, 0.5) is 16.3 Å². The first-order chi connectivity index (χ1) is 13.6. The lowest BCUT2D eigenvalue weighted by atomic mass is 10.2. The number of nitrogens with zero attached hydrogens (tertiary/aromatic N) is 4. The monoisotopic (exact) mass is 376 g/mol. The van der Waals surface area contributed by atoms with Crippen molar-refractivity contribution >= 4 is 17.5 Å². The molecule has 4 rings (SSSR count). The number of aromatic nitrogens is 3. The fourth-order valence-electron chi connectivity index (χ4n) is 2.97. The molecule has 7 nitrogen and oxygen atoms in total. The lowest BCUT2D eigenvalue weighted by molar-refractivity contribution is 0.212. The number of amides is 2. The van der Waals surface area contributed by atoms with Crippen LogP contribution < -0.4 is 11.1 Å². The van der Waals surface area contributed by atoms with Gasteiger partial charge in [0.2, 0.25) is 0 Å².